The lowest BCUT2D eigenvalue weighted by Crippen LogP contribution is -2.28. The van der Waals surface area contributed by atoms with Crippen LogP contribution in [0.1, 0.15) is 43.8 Å². The van der Waals surface area contributed by atoms with E-state index >= 15 is 0 Å². The molecule has 1 aliphatic carbocycles. The van der Waals surface area contributed by atoms with Crippen LogP contribution in [0, 0.1) is 0 Å². The Hall–Kier alpha value is -1.33. The van der Waals surface area contributed by atoms with Crippen molar-refractivity contribution in [2.75, 3.05) is 0 Å². The van der Waals surface area contributed by atoms with Gasteiger partial charge in [-0.3, -0.25) is 9.36 Å². The zero-order valence-corrected chi connectivity index (χ0v) is 9.20. The van der Waals surface area contributed by atoms with Gasteiger partial charge in [0, 0.05) is 12.1 Å². The van der Waals surface area contributed by atoms with Crippen LogP contribution in [0.3, 0.4) is 0 Å². The first kappa shape index (κ1) is 12.1. The molecule has 3 nitrogen and oxygen atoms in total. The summed E-state index contributed by atoms with van der Waals surface area (Å²) in [6.45, 7) is 0. The molecule has 0 spiro atoms. The summed E-state index contributed by atoms with van der Waals surface area (Å²) in [4.78, 5) is 14.9. The van der Waals surface area contributed by atoms with Crippen molar-refractivity contribution in [1.82, 2.24) is 9.55 Å². The topological polar surface area (TPSA) is 34.9 Å². The molecule has 2 rings (SSSR count). The first-order valence-corrected chi connectivity index (χ1v) is 5.64. The number of hydrogen-bond donors (Lipinski definition) is 0. The number of aromatic nitrogens is 2. The average molecular weight is 246 g/mol. The Morgan fingerprint density at radius 3 is 2.41 bits per heavy atom. The molecule has 0 radical (unpaired) electrons. The monoisotopic (exact) mass is 246 g/mol. The molecule has 0 unspecified atom stereocenters. The number of hydrogen-bond acceptors (Lipinski definition) is 2. The number of halogens is 3. The van der Waals surface area contributed by atoms with E-state index < -0.39 is 17.4 Å². The van der Waals surface area contributed by atoms with E-state index in [-0.39, 0.29) is 6.04 Å². The number of rotatable bonds is 1. The molecular formula is C11H13F3N2O. The van der Waals surface area contributed by atoms with E-state index in [0.717, 1.165) is 38.4 Å². The normalized spacial score (nSPS) is 18.3. The van der Waals surface area contributed by atoms with Crippen LogP contribution < -0.4 is 5.56 Å². The van der Waals surface area contributed by atoms with Crippen molar-refractivity contribution in [3.05, 3.63) is 28.4 Å². The highest BCUT2D eigenvalue weighted by Gasteiger charge is 2.33. The lowest BCUT2D eigenvalue weighted by molar-refractivity contribution is -0.141. The zero-order valence-electron chi connectivity index (χ0n) is 9.20. The van der Waals surface area contributed by atoms with Crippen LogP contribution in [0.25, 0.3) is 0 Å². The first-order valence-electron chi connectivity index (χ1n) is 5.64. The average Bonchev–Trinajstić information content (AvgIpc) is 2.29. The lowest BCUT2D eigenvalue weighted by Gasteiger charge is -2.23. The molecule has 0 saturated heterocycles. The first-order chi connectivity index (χ1) is 7.98. The third kappa shape index (κ3) is 2.68. The van der Waals surface area contributed by atoms with Gasteiger partial charge in [0.25, 0.3) is 5.56 Å². The van der Waals surface area contributed by atoms with Crippen LogP contribution >= 0.6 is 0 Å². The Morgan fingerprint density at radius 2 is 1.88 bits per heavy atom. The molecule has 94 valence electrons. The highest BCUT2D eigenvalue weighted by molar-refractivity contribution is 5.04. The summed E-state index contributed by atoms with van der Waals surface area (Å²) < 4.78 is 38.3. The Bertz CT molecular complexity index is 447. The molecule has 1 fully saturated rings. The minimum atomic E-state index is -4.55. The van der Waals surface area contributed by atoms with Gasteiger partial charge in [0.05, 0.1) is 6.33 Å². The molecule has 1 aliphatic rings. The van der Waals surface area contributed by atoms with Gasteiger partial charge in [0.15, 0.2) is 5.69 Å². The molecule has 1 heterocycles. The van der Waals surface area contributed by atoms with Crippen LogP contribution in [0.5, 0.6) is 0 Å². The smallest absolute Gasteiger partial charge is 0.296 e. The summed E-state index contributed by atoms with van der Waals surface area (Å²) >= 11 is 0. The van der Waals surface area contributed by atoms with Crippen LogP contribution in [0.15, 0.2) is 17.2 Å². The minimum Gasteiger partial charge on any atom is -0.296 e. The fourth-order valence-corrected chi connectivity index (χ4v) is 2.20. The predicted octanol–water partition coefficient (Wildman–Crippen LogP) is 2.77. The summed E-state index contributed by atoms with van der Waals surface area (Å²) in [5.41, 5.74) is -1.73. The zero-order chi connectivity index (χ0) is 12.5. The van der Waals surface area contributed by atoms with Gasteiger partial charge in [-0.25, -0.2) is 4.98 Å². The Morgan fingerprint density at radius 1 is 1.24 bits per heavy atom. The van der Waals surface area contributed by atoms with E-state index in [1.165, 1.54) is 4.57 Å². The maximum Gasteiger partial charge on any atom is 0.433 e. The summed E-state index contributed by atoms with van der Waals surface area (Å²) in [5.74, 6) is 0. The van der Waals surface area contributed by atoms with Crippen molar-refractivity contribution in [2.45, 2.75) is 44.3 Å². The Balaban J connectivity index is 2.28. The third-order valence-electron chi connectivity index (χ3n) is 3.09. The van der Waals surface area contributed by atoms with E-state index in [0.29, 0.717) is 6.07 Å². The second-order valence-electron chi connectivity index (χ2n) is 4.31. The molecule has 0 aliphatic heterocycles. The summed E-state index contributed by atoms with van der Waals surface area (Å²) in [6.07, 6.45) is 1.31. The molecule has 0 N–H and O–H groups in total. The molecule has 1 aromatic heterocycles. The third-order valence-corrected chi connectivity index (χ3v) is 3.09. The van der Waals surface area contributed by atoms with Gasteiger partial charge in [0.1, 0.15) is 0 Å². The quantitative estimate of drug-likeness (QED) is 0.763. The molecule has 0 bridgehead atoms. The molecule has 0 amide bonds. The summed E-state index contributed by atoms with van der Waals surface area (Å²) in [7, 11) is 0. The molecule has 0 atom stereocenters. The van der Waals surface area contributed by atoms with E-state index in [2.05, 4.69) is 4.98 Å². The number of nitrogens with zero attached hydrogens (tertiary/aromatic N) is 2. The van der Waals surface area contributed by atoms with Gasteiger partial charge in [-0.15, -0.1) is 0 Å². The van der Waals surface area contributed by atoms with Crippen LogP contribution in [-0.2, 0) is 6.18 Å². The molecule has 0 aromatic carbocycles. The molecule has 1 aromatic rings. The van der Waals surface area contributed by atoms with Crippen LogP contribution in [0.4, 0.5) is 13.2 Å². The van der Waals surface area contributed by atoms with Crippen molar-refractivity contribution in [3.63, 3.8) is 0 Å². The van der Waals surface area contributed by atoms with Crippen LogP contribution in [0.2, 0.25) is 0 Å². The Kier molecular flexibility index (Phi) is 3.22. The van der Waals surface area contributed by atoms with Crippen molar-refractivity contribution in [2.24, 2.45) is 0 Å². The van der Waals surface area contributed by atoms with Gasteiger partial charge >= 0.3 is 6.18 Å². The second-order valence-corrected chi connectivity index (χ2v) is 4.31. The Labute approximate surface area is 96.3 Å². The fourth-order valence-electron chi connectivity index (χ4n) is 2.20. The van der Waals surface area contributed by atoms with E-state index in [9.17, 15) is 18.0 Å². The largest absolute Gasteiger partial charge is 0.433 e. The molecular weight excluding hydrogens is 233 g/mol. The maximum atomic E-state index is 12.3. The number of alkyl halides is 3. The van der Waals surface area contributed by atoms with E-state index in [1.807, 2.05) is 0 Å². The van der Waals surface area contributed by atoms with Crippen molar-refractivity contribution in [1.29, 1.82) is 0 Å². The maximum absolute atomic E-state index is 12.3. The van der Waals surface area contributed by atoms with Crippen molar-refractivity contribution >= 4 is 0 Å². The van der Waals surface area contributed by atoms with Gasteiger partial charge < -0.3 is 0 Å². The minimum absolute atomic E-state index is 0.00559. The van der Waals surface area contributed by atoms with E-state index in [4.69, 9.17) is 0 Å². The van der Waals surface area contributed by atoms with Crippen molar-refractivity contribution in [3.8, 4) is 0 Å². The molecule has 17 heavy (non-hydrogen) atoms. The highest BCUT2D eigenvalue weighted by Crippen LogP contribution is 2.28. The van der Waals surface area contributed by atoms with Gasteiger partial charge in [0.2, 0.25) is 0 Å². The summed E-state index contributed by atoms with van der Waals surface area (Å²) in [5, 5.41) is 0. The fraction of sp³-hybridized carbons (Fsp3) is 0.636. The standard InChI is InChI=1S/C11H13F3N2O/c12-11(13,14)9-6-10(17)16(7-15-9)8-4-2-1-3-5-8/h6-8H,1-5H2. The molecule has 1 saturated carbocycles. The van der Waals surface area contributed by atoms with Gasteiger partial charge in [-0.05, 0) is 12.8 Å². The molecule has 6 heteroatoms. The van der Waals surface area contributed by atoms with Gasteiger partial charge in [-0.2, -0.15) is 13.2 Å². The van der Waals surface area contributed by atoms with Crippen molar-refractivity contribution < 1.29 is 13.2 Å². The van der Waals surface area contributed by atoms with Crippen LogP contribution in [-0.4, -0.2) is 9.55 Å². The van der Waals surface area contributed by atoms with Gasteiger partial charge in [-0.1, -0.05) is 19.3 Å². The highest BCUT2D eigenvalue weighted by atomic mass is 19.4. The predicted molar refractivity (Wildman–Crippen MR) is 55.6 cm³/mol. The van der Waals surface area contributed by atoms with E-state index in [1.54, 1.807) is 0 Å². The second kappa shape index (κ2) is 4.50. The lowest BCUT2D eigenvalue weighted by atomic mass is 9.95. The summed E-state index contributed by atoms with van der Waals surface area (Å²) in [6, 6.07) is 0.584. The SMILES string of the molecule is O=c1cc(C(F)(F)F)ncn1C1CCCCC1.